The van der Waals surface area contributed by atoms with Crippen LogP contribution in [0.3, 0.4) is 0 Å². The van der Waals surface area contributed by atoms with Crippen molar-refractivity contribution in [3.05, 3.63) is 0 Å². The van der Waals surface area contributed by atoms with Crippen LogP contribution in [0.15, 0.2) is 0 Å². The summed E-state index contributed by atoms with van der Waals surface area (Å²) in [5.74, 6) is -0.285. The predicted octanol–water partition coefficient (Wildman–Crippen LogP) is 4.19. The lowest BCUT2D eigenvalue weighted by Gasteiger charge is -2.06. The van der Waals surface area contributed by atoms with E-state index < -0.39 is 6.04 Å². The maximum absolute atomic E-state index is 11.1. The highest BCUT2D eigenvalue weighted by molar-refractivity contribution is 5.74. The van der Waals surface area contributed by atoms with Crippen LogP contribution < -0.4 is 5.73 Å². The van der Waals surface area contributed by atoms with E-state index >= 15 is 0 Å². The average molecular weight is 271 g/mol. The molecule has 114 valence electrons. The smallest absolute Gasteiger partial charge is 0.322 e. The highest BCUT2D eigenvalue weighted by Gasteiger charge is 2.07. The molecule has 0 aromatic heterocycles. The third-order valence-corrected chi connectivity index (χ3v) is 3.36. The second kappa shape index (κ2) is 13.9. The lowest BCUT2D eigenvalue weighted by atomic mass is 10.1. The number of unbranched alkanes of at least 4 members (excludes halogenated alkanes) is 10. The Labute approximate surface area is 119 Å². The summed E-state index contributed by atoms with van der Waals surface area (Å²) in [5.41, 5.74) is 5.40. The summed E-state index contributed by atoms with van der Waals surface area (Å²) in [6.45, 7) is 4.44. The number of nitrogens with two attached hydrogens (primary N) is 1. The summed E-state index contributed by atoms with van der Waals surface area (Å²) in [4.78, 5) is 11.1. The van der Waals surface area contributed by atoms with Crippen LogP contribution in [0.25, 0.3) is 0 Å². The minimum atomic E-state index is -0.493. The largest absolute Gasteiger partial charge is 0.465 e. The van der Waals surface area contributed by atoms with Crippen LogP contribution in [0.2, 0.25) is 0 Å². The number of rotatable bonds is 13. The van der Waals surface area contributed by atoms with Gasteiger partial charge in [-0.1, -0.05) is 71.1 Å². The van der Waals surface area contributed by atoms with Gasteiger partial charge in [0.25, 0.3) is 0 Å². The minimum absolute atomic E-state index is 0.285. The molecule has 0 fully saturated rings. The number of hydrogen-bond acceptors (Lipinski definition) is 3. The van der Waals surface area contributed by atoms with Gasteiger partial charge in [0.15, 0.2) is 0 Å². The average Bonchev–Trinajstić information content (AvgIpc) is 2.39. The van der Waals surface area contributed by atoms with Crippen LogP contribution in [0.1, 0.15) is 84.5 Å². The van der Waals surface area contributed by atoms with E-state index in [0.29, 0.717) is 6.61 Å². The topological polar surface area (TPSA) is 52.3 Å². The lowest BCUT2D eigenvalue weighted by Crippen LogP contribution is -2.28. The molecule has 3 nitrogen and oxygen atoms in total. The Morgan fingerprint density at radius 3 is 1.74 bits per heavy atom. The van der Waals surface area contributed by atoms with E-state index in [4.69, 9.17) is 10.5 Å². The fourth-order valence-corrected chi connectivity index (χ4v) is 2.07. The van der Waals surface area contributed by atoms with Crippen molar-refractivity contribution in [1.82, 2.24) is 0 Å². The summed E-state index contributed by atoms with van der Waals surface area (Å²) in [7, 11) is 0. The molecule has 0 amide bonds. The van der Waals surface area contributed by atoms with E-state index in [-0.39, 0.29) is 5.97 Å². The van der Waals surface area contributed by atoms with Gasteiger partial charge in [-0.2, -0.15) is 0 Å². The highest BCUT2D eigenvalue weighted by atomic mass is 16.5. The second-order valence-corrected chi connectivity index (χ2v) is 5.49. The monoisotopic (exact) mass is 271 g/mol. The Morgan fingerprint density at radius 1 is 0.895 bits per heavy atom. The van der Waals surface area contributed by atoms with E-state index in [1.807, 2.05) is 0 Å². The van der Waals surface area contributed by atoms with Crippen molar-refractivity contribution in [3.63, 3.8) is 0 Å². The van der Waals surface area contributed by atoms with Gasteiger partial charge in [-0.3, -0.25) is 4.79 Å². The molecule has 0 aromatic carbocycles. The van der Waals surface area contributed by atoms with Crippen molar-refractivity contribution >= 4 is 5.97 Å². The Hall–Kier alpha value is -0.570. The summed E-state index contributed by atoms with van der Waals surface area (Å²) in [5, 5.41) is 0. The van der Waals surface area contributed by atoms with E-state index in [1.54, 1.807) is 6.92 Å². The van der Waals surface area contributed by atoms with Gasteiger partial charge < -0.3 is 10.5 Å². The van der Waals surface area contributed by atoms with Gasteiger partial charge >= 0.3 is 5.97 Å². The maximum atomic E-state index is 11.1. The number of carbonyl (C=O) groups is 1. The fourth-order valence-electron chi connectivity index (χ4n) is 2.07. The molecule has 1 unspecified atom stereocenters. The molecule has 0 aliphatic carbocycles. The molecule has 0 aliphatic rings. The van der Waals surface area contributed by atoms with Gasteiger partial charge in [-0.15, -0.1) is 0 Å². The molecule has 1 atom stereocenters. The van der Waals surface area contributed by atoms with Gasteiger partial charge in [0.2, 0.25) is 0 Å². The standard InChI is InChI=1S/C16H33NO2/c1-3-4-5-6-7-8-9-10-11-12-13-14-19-16(18)15(2)17/h15H,3-14,17H2,1-2H3. The van der Waals surface area contributed by atoms with Gasteiger partial charge in [-0.05, 0) is 13.3 Å². The van der Waals surface area contributed by atoms with Crippen LogP contribution in [0, 0.1) is 0 Å². The first-order valence-corrected chi connectivity index (χ1v) is 8.10. The van der Waals surface area contributed by atoms with E-state index in [1.165, 1.54) is 57.8 Å². The third-order valence-electron chi connectivity index (χ3n) is 3.36. The Balaban J connectivity index is 3.05. The van der Waals surface area contributed by atoms with Crippen LogP contribution in [0.5, 0.6) is 0 Å². The molecule has 2 N–H and O–H groups in total. The van der Waals surface area contributed by atoms with Gasteiger partial charge in [0, 0.05) is 0 Å². The Kier molecular flexibility index (Phi) is 13.4. The third kappa shape index (κ3) is 13.7. The molecule has 0 spiro atoms. The van der Waals surface area contributed by atoms with Crippen LogP contribution in [-0.2, 0) is 9.53 Å². The zero-order chi connectivity index (χ0) is 14.3. The molecule has 0 heterocycles. The second-order valence-electron chi connectivity index (χ2n) is 5.49. The Morgan fingerprint density at radius 2 is 1.32 bits per heavy atom. The number of esters is 1. The molecule has 0 aromatic rings. The molecular weight excluding hydrogens is 238 g/mol. The quantitative estimate of drug-likeness (QED) is 0.404. The van der Waals surface area contributed by atoms with Crippen molar-refractivity contribution in [3.8, 4) is 0 Å². The van der Waals surface area contributed by atoms with Gasteiger partial charge in [0.1, 0.15) is 6.04 Å². The first-order chi connectivity index (χ1) is 9.18. The first kappa shape index (κ1) is 18.4. The molecule has 0 saturated carbocycles. The molecular formula is C16H33NO2. The zero-order valence-electron chi connectivity index (χ0n) is 13.0. The molecule has 0 saturated heterocycles. The Bertz CT molecular complexity index is 205. The van der Waals surface area contributed by atoms with Crippen LogP contribution >= 0.6 is 0 Å². The van der Waals surface area contributed by atoms with Crippen molar-refractivity contribution in [1.29, 1.82) is 0 Å². The summed E-state index contributed by atoms with van der Waals surface area (Å²) in [6.07, 6.45) is 14.3. The van der Waals surface area contributed by atoms with Crippen molar-refractivity contribution in [2.24, 2.45) is 5.73 Å². The molecule has 0 aliphatic heterocycles. The summed E-state index contributed by atoms with van der Waals surface area (Å²) in [6, 6.07) is -0.493. The molecule has 0 bridgehead atoms. The van der Waals surface area contributed by atoms with E-state index in [2.05, 4.69) is 6.92 Å². The predicted molar refractivity (Wildman–Crippen MR) is 81.1 cm³/mol. The number of hydrogen-bond donors (Lipinski definition) is 1. The zero-order valence-corrected chi connectivity index (χ0v) is 13.0. The molecule has 3 heteroatoms. The van der Waals surface area contributed by atoms with Crippen LogP contribution in [-0.4, -0.2) is 18.6 Å². The first-order valence-electron chi connectivity index (χ1n) is 8.10. The molecule has 0 radical (unpaired) electrons. The lowest BCUT2D eigenvalue weighted by molar-refractivity contribution is -0.144. The highest BCUT2D eigenvalue weighted by Crippen LogP contribution is 2.11. The number of ether oxygens (including phenoxy) is 1. The van der Waals surface area contributed by atoms with Crippen LogP contribution in [0.4, 0.5) is 0 Å². The van der Waals surface area contributed by atoms with Crippen molar-refractivity contribution in [2.45, 2.75) is 90.5 Å². The van der Waals surface area contributed by atoms with Gasteiger partial charge in [-0.25, -0.2) is 0 Å². The van der Waals surface area contributed by atoms with Gasteiger partial charge in [0.05, 0.1) is 6.61 Å². The number of carbonyl (C=O) groups excluding carboxylic acids is 1. The fraction of sp³-hybridized carbons (Fsp3) is 0.938. The minimum Gasteiger partial charge on any atom is -0.465 e. The summed E-state index contributed by atoms with van der Waals surface area (Å²) < 4.78 is 5.02. The normalized spacial score (nSPS) is 12.4. The van der Waals surface area contributed by atoms with Crippen molar-refractivity contribution in [2.75, 3.05) is 6.61 Å². The van der Waals surface area contributed by atoms with E-state index in [0.717, 1.165) is 12.8 Å². The maximum Gasteiger partial charge on any atom is 0.322 e. The summed E-state index contributed by atoms with van der Waals surface area (Å²) >= 11 is 0. The molecule has 19 heavy (non-hydrogen) atoms. The SMILES string of the molecule is CCCCCCCCCCCCCOC(=O)C(C)N. The molecule has 0 rings (SSSR count). The van der Waals surface area contributed by atoms with Crippen molar-refractivity contribution < 1.29 is 9.53 Å². The van der Waals surface area contributed by atoms with E-state index in [9.17, 15) is 4.79 Å².